The van der Waals surface area contributed by atoms with Crippen LogP contribution in [0.2, 0.25) is 0 Å². The van der Waals surface area contributed by atoms with Crippen molar-refractivity contribution in [2.45, 2.75) is 20.3 Å². The summed E-state index contributed by atoms with van der Waals surface area (Å²) in [6, 6.07) is 1.45. The molecule has 1 rings (SSSR count). The summed E-state index contributed by atoms with van der Waals surface area (Å²) in [7, 11) is 0. The number of hydrogen-bond acceptors (Lipinski definition) is 3. The second-order valence-corrected chi connectivity index (χ2v) is 3.26. The normalized spacial score (nSPS) is 10.6. The van der Waals surface area contributed by atoms with Gasteiger partial charge < -0.3 is 10.2 Å². The third kappa shape index (κ3) is 2.12. The first-order chi connectivity index (χ1) is 5.59. The lowest BCUT2D eigenvalue weighted by Crippen LogP contribution is -2.08. The van der Waals surface area contributed by atoms with Crippen LogP contribution in [0.3, 0.4) is 0 Å². The van der Waals surface area contributed by atoms with Crippen molar-refractivity contribution in [3.05, 3.63) is 28.3 Å². The molecule has 66 valence electrons. The predicted octanol–water partition coefficient (Wildman–Crippen LogP) is 1.42. The predicted molar refractivity (Wildman–Crippen MR) is 47.9 cm³/mol. The maximum Gasteiger partial charge on any atom is 0.207 e. The largest absolute Gasteiger partial charge is 0.467 e. The van der Waals surface area contributed by atoms with Crippen LogP contribution in [0.4, 0.5) is 5.69 Å². The smallest absolute Gasteiger partial charge is 0.207 e. The van der Waals surface area contributed by atoms with Gasteiger partial charge in [0, 0.05) is 12.5 Å². The van der Waals surface area contributed by atoms with Crippen LogP contribution in [0.1, 0.15) is 19.6 Å². The average Bonchev–Trinajstić information content (AvgIpc) is 1.96. The van der Waals surface area contributed by atoms with Crippen molar-refractivity contribution in [1.29, 1.82) is 0 Å². The van der Waals surface area contributed by atoms with Crippen molar-refractivity contribution >= 4 is 5.69 Å². The molecule has 0 unspecified atom stereocenters. The molecule has 0 bridgehead atoms. The van der Waals surface area contributed by atoms with Gasteiger partial charge >= 0.3 is 0 Å². The number of hydrogen-bond donors (Lipinski definition) is 1. The van der Waals surface area contributed by atoms with Crippen molar-refractivity contribution in [1.82, 2.24) is 0 Å². The van der Waals surface area contributed by atoms with Crippen molar-refractivity contribution in [2.24, 2.45) is 5.92 Å². The molecule has 0 aliphatic rings. The average molecular weight is 167 g/mol. The van der Waals surface area contributed by atoms with Gasteiger partial charge in [-0.2, -0.15) is 0 Å². The number of rotatable bonds is 2. The van der Waals surface area contributed by atoms with Gasteiger partial charge in [0.15, 0.2) is 0 Å². The summed E-state index contributed by atoms with van der Waals surface area (Å²) in [5, 5.41) is 0. The summed E-state index contributed by atoms with van der Waals surface area (Å²) in [5.41, 5.74) is 5.33. The van der Waals surface area contributed by atoms with E-state index in [9.17, 15) is 4.79 Å². The van der Waals surface area contributed by atoms with E-state index in [2.05, 4.69) is 13.8 Å². The Bertz CT molecular complexity index is 315. The molecule has 0 amide bonds. The topological polar surface area (TPSA) is 56.2 Å². The molecule has 1 aromatic heterocycles. The van der Waals surface area contributed by atoms with Gasteiger partial charge in [-0.15, -0.1) is 0 Å². The monoisotopic (exact) mass is 167 g/mol. The second kappa shape index (κ2) is 3.43. The zero-order valence-electron chi connectivity index (χ0n) is 7.33. The first-order valence-electron chi connectivity index (χ1n) is 3.97. The Hall–Kier alpha value is -1.25. The Morgan fingerprint density at radius 1 is 1.58 bits per heavy atom. The standard InChI is InChI=1S/C9H13NO2/c1-6(2)3-7-4-9(11)8(10)5-12-7/h4-6H,3,10H2,1-2H3. The third-order valence-corrected chi connectivity index (χ3v) is 1.52. The van der Waals surface area contributed by atoms with Gasteiger partial charge in [0.2, 0.25) is 5.43 Å². The molecule has 0 aliphatic carbocycles. The van der Waals surface area contributed by atoms with Gasteiger partial charge in [-0.1, -0.05) is 13.8 Å². The van der Waals surface area contributed by atoms with Crippen LogP contribution in [0.5, 0.6) is 0 Å². The summed E-state index contributed by atoms with van der Waals surface area (Å²) >= 11 is 0. The zero-order valence-corrected chi connectivity index (χ0v) is 7.33. The molecule has 3 nitrogen and oxygen atoms in total. The SMILES string of the molecule is CC(C)Cc1cc(=O)c(N)co1. The first-order valence-corrected chi connectivity index (χ1v) is 3.97. The van der Waals surface area contributed by atoms with Crippen molar-refractivity contribution in [3.63, 3.8) is 0 Å². The lowest BCUT2D eigenvalue weighted by atomic mass is 10.1. The molecule has 0 atom stereocenters. The van der Waals surface area contributed by atoms with Crippen LogP contribution in [0, 0.1) is 5.92 Å². The van der Waals surface area contributed by atoms with Gasteiger partial charge in [0.25, 0.3) is 0 Å². The Morgan fingerprint density at radius 3 is 2.75 bits per heavy atom. The summed E-state index contributed by atoms with van der Waals surface area (Å²) in [5.74, 6) is 1.18. The first kappa shape index (κ1) is 8.84. The van der Waals surface area contributed by atoms with Gasteiger partial charge in [0.1, 0.15) is 17.7 Å². The van der Waals surface area contributed by atoms with Crippen LogP contribution in [-0.4, -0.2) is 0 Å². The van der Waals surface area contributed by atoms with Crippen LogP contribution in [0.15, 0.2) is 21.5 Å². The molecule has 0 saturated heterocycles. The van der Waals surface area contributed by atoms with Crippen LogP contribution in [0.25, 0.3) is 0 Å². The molecule has 3 heteroatoms. The molecule has 12 heavy (non-hydrogen) atoms. The fraction of sp³-hybridized carbons (Fsp3) is 0.444. The molecular weight excluding hydrogens is 154 g/mol. The van der Waals surface area contributed by atoms with Gasteiger partial charge in [-0.3, -0.25) is 4.79 Å². The maximum atomic E-state index is 11.0. The van der Waals surface area contributed by atoms with E-state index in [0.717, 1.165) is 6.42 Å². The molecule has 1 aromatic rings. The molecule has 0 spiro atoms. The molecule has 0 fully saturated rings. The Morgan fingerprint density at radius 2 is 2.25 bits per heavy atom. The molecule has 2 N–H and O–H groups in total. The van der Waals surface area contributed by atoms with E-state index in [4.69, 9.17) is 10.2 Å². The molecule has 0 saturated carbocycles. The van der Waals surface area contributed by atoms with Crippen LogP contribution < -0.4 is 11.2 Å². The third-order valence-electron chi connectivity index (χ3n) is 1.52. The quantitative estimate of drug-likeness (QED) is 0.724. The lowest BCUT2D eigenvalue weighted by Gasteiger charge is -2.02. The fourth-order valence-electron chi connectivity index (χ4n) is 0.970. The molecule has 0 aliphatic heterocycles. The Balaban J connectivity index is 2.90. The highest BCUT2D eigenvalue weighted by atomic mass is 16.3. The number of anilines is 1. The molecule has 1 heterocycles. The molecule has 0 radical (unpaired) electrons. The number of nitrogen functional groups attached to an aromatic ring is 1. The van der Waals surface area contributed by atoms with E-state index >= 15 is 0 Å². The second-order valence-electron chi connectivity index (χ2n) is 3.26. The van der Waals surface area contributed by atoms with Crippen molar-refractivity contribution in [2.75, 3.05) is 5.73 Å². The zero-order chi connectivity index (χ0) is 9.14. The minimum atomic E-state index is -0.156. The highest BCUT2D eigenvalue weighted by molar-refractivity contribution is 5.32. The van der Waals surface area contributed by atoms with Gasteiger partial charge in [0.05, 0.1) is 0 Å². The van der Waals surface area contributed by atoms with E-state index in [1.54, 1.807) is 0 Å². The van der Waals surface area contributed by atoms with E-state index in [-0.39, 0.29) is 11.1 Å². The fourth-order valence-corrected chi connectivity index (χ4v) is 0.970. The van der Waals surface area contributed by atoms with E-state index < -0.39 is 0 Å². The summed E-state index contributed by atoms with van der Waals surface area (Å²) in [4.78, 5) is 11.0. The van der Waals surface area contributed by atoms with E-state index in [1.165, 1.54) is 12.3 Å². The van der Waals surface area contributed by atoms with E-state index in [1.807, 2.05) is 0 Å². The van der Waals surface area contributed by atoms with Crippen LogP contribution >= 0.6 is 0 Å². The van der Waals surface area contributed by atoms with Crippen LogP contribution in [-0.2, 0) is 6.42 Å². The molecular formula is C9H13NO2. The molecule has 0 aromatic carbocycles. The lowest BCUT2D eigenvalue weighted by molar-refractivity contribution is 0.458. The number of nitrogens with two attached hydrogens (primary N) is 1. The Kier molecular flexibility index (Phi) is 2.53. The van der Waals surface area contributed by atoms with E-state index in [0.29, 0.717) is 11.7 Å². The minimum Gasteiger partial charge on any atom is -0.467 e. The highest BCUT2D eigenvalue weighted by Gasteiger charge is 2.02. The summed E-state index contributed by atoms with van der Waals surface area (Å²) in [6.07, 6.45) is 2.08. The van der Waals surface area contributed by atoms with Gasteiger partial charge in [-0.05, 0) is 5.92 Å². The Labute approximate surface area is 71.2 Å². The summed E-state index contributed by atoms with van der Waals surface area (Å²) < 4.78 is 5.12. The minimum absolute atomic E-state index is 0.156. The maximum absolute atomic E-state index is 11.0. The summed E-state index contributed by atoms with van der Waals surface area (Å²) in [6.45, 7) is 4.13. The van der Waals surface area contributed by atoms with Crippen molar-refractivity contribution < 1.29 is 4.42 Å². The highest BCUT2D eigenvalue weighted by Crippen LogP contribution is 2.06. The van der Waals surface area contributed by atoms with Crippen molar-refractivity contribution in [3.8, 4) is 0 Å². The van der Waals surface area contributed by atoms with Gasteiger partial charge in [-0.25, -0.2) is 0 Å².